The van der Waals surface area contributed by atoms with E-state index in [-0.39, 0.29) is 12.6 Å². The molecule has 0 N–H and O–H groups in total. The lowest BCUT2D eigenvalue weighted by molar-refractivity contribution is 0.325. The summed E-state index contributed by atoms with van der Waals surface area (Å²) in [7, 11) is -3.46. The van der Waals surface area contributed by atoms with Gasteiger partial charge in [-0.1, -0.05) is 12.8 Å². The summed E-state index contributed by atoms with van der Waals surface area (Å²) in [5.74, 6) is 0. The largest absolute Gasteiger partial charge is 0.283 e. The molecule has 0 radical (unpaired) electrons. The molecule has 1 saturated heterocycles. The Morgan fingerprint density at radius 2 is 1.76 bits per heavy atom. The molecule has 1 fully saturated rings. The lowest BCUT2D eigenvalue weighted by atomic mass is 10.2. The summed E-state index contributed by atoms with van der Waals surface area (Å²) in [5.41, 5.74) is 0. The molecule has 0 amide bonds. The van der Waals surface area contributed by atoms with Crippen LogP contribution in [0.3, 0.4) is 0 Å². The van der Waals surface area contributed by atoms with Gasteiger partial charge >= 0.3 is 0 Å². The van der Waals surface area contributed by atoms with Crippen molar-refractivity contribution >= 4 is 10.2 Å². The number of hydrogen-bond acceptors (Lipinski definition) is 3. The highest BCUT2D eigenvalue weighted by Gasteiger charge is 2.31. The van der Waals surface area contributed by atoms with Gasteiger partial charge in [0.05, 0.1) is 6.07 Å². The van der Waals surface area contributed by atoms with Gasteiger partial charge in [0.2, 0.25) is 0 Å². The van der Waals surface area contributed by atoms with Gasteiger partial charge in [-0.25, -0.2) is 0 Å². The van der Waals surface area contributed by atoms with E-state index in [0.717, 1.165) is 25.7 Å². The molecule has 0 unspecified atom stereocenters. The molecule has 1 heterocycles. The molecule has 6 heteroatoms. The van der Waals surface area contributed by atoms with Gasteiger partial charge in [-0.05, 0) is 26.7 Å². The molecule has 0 aromatic heterocycles. The Morgan fingerprint density at radius 3 is 2.18 bits per heavy atom. The molecule has 0 aromatic carbocycles. The summed E-state index contributed by atoms with van der Waals surface area (Å²) < 4.78 is 27.5. The summed E-state index contributed by atoms with van der Waals surface area (Å²) in [6.07, 6.45) is 4.01. The van der Waals surface area contributed by atoms with E-state index in [1.165, 1.54) is 8.61 Å². The van der Waals surface area contributed by atoms with E-state index in [0.29, 0.717) is 13.1 Å². The average Bonchev–Trinajstić information content (AvgIpc) is 2.53. The van der Waals surface area contributed by atoms with Crippen LogP contribution in [-0.4, -0.2) is 42.7 Å². The SMILES string of the molecule is CC(C)N(CC#N)S(=O)(=O)N1CCCCCC1. The quantitative estimate of drug-likeness (QED) is 0.716. The molecule has 0 atom stereocenters. The van der Waals surface area contributed by atoms with Crippen LogP contribution in [0.2, 0.25) is 0 Å². The van der Waals surface area contributed by atoms with Crippen LogP contribution in [-0.2, 0) is 10.2 Å². The highest BCUT2D eigenvalue weighted by Crippen LogP contribution is 2.17. The Bertz CT molecular complexity index is 365. The third-order valence-corrected chi connectivity index (χ3v) is 5.15. The standard InChI is InChI=1S/C11H21N3O2S/c1-11(2)14(10-7-12)17(15,16)13-8-5-3-4-6-9-13/h11H,3-6,8-10H2,1-2H3. The van der Waals surface area contributed by atoms with Crippen LogP contribution in [0, 0.1) is 11.3 Å². The zero-order chi connectivity index (χ0) is 12.9. The van der Waals surface area contributed by atoms with Gasteiger partial charge in [0, 0.05) is 19.1 Å². The predicted octanol–water partition coefficient (Wildman–Crippen LogP) is 1.34. The number of nitriles is 1. The smallest absolute Gasteiger partial charge is 0.197 e. The monoisotopic (exact) mass is 259 g/mol. The van der Waals surface area contributed by atoms with Crippen LogP contribution in [0.15, 0.2) is 0 Å². The number of hydrogen-bond donors (Lipinski definition) is 0. The van der Waals surface area contributed by atoms with E-state index < -0.39 is 10.2 Å². The van der Waals surface area contributed by atoms with Crippen molar-refractivity contribution in [2.24, 2.45) is 0 Å². The molecular formula is C11H21N3O2S. The highest BCUT2D eigenvalue weighted by atomic mass is 32.2. The van der Waals surface area contributed by atoms with Crippen LogP contribution in [0.25, 0.3) is 0 Å². The second-order valence-electron chi connectivity index (χ2n) is 4.62. The summed E-state index contributed by atoms with van der Waals surface area (Å²) in [5, 5.41) is 8.73. The molecule has 1 rings (SSSR count). The zero-order valence-electron chi connectivity index (χ0n) is 10.6. The van der Waals surface area contributed by atoms with E-state index in [1.807, 2.05) is 6.07 Å². The first-order valence-electron chi connectivity index (χ1n) is 6.14. The molecule has 0 bridgehead atoms. The Kier molecular flexibility index (Phi) is 5.37. The maximum atomic E-state index is 12.4. The van der Waals surface area contributed by atoms with Crippen molar-refractivity contribution in [1.29, 1.82) is 5.26 Å². The third-order valence-electron chi connectivity index (χ3n) is 2.99. The van der Waals surface area contributed by atoms with Crippen molar-refractivity contribution in [3.8, 4) is 6.07 Å². The van der Waals surface area contributed by atoms with E-state index in [1.54, 1.807) is 13.8 Å². The maximum absolute atomic E-state index is 12.4. The van der Waals surface area contributed by atoms with Gasteiger partial charge in [-0.2, -0.15) is 22.3 Å². The van der Waals surface area contributed by atoms with Crippen LogP contribution in [0.1, 0.15) is 39.5 Å². The molecule has 0 aromatic rings. The van der Waals surface area contributed by atoms with Crippen molar-refractivity contribution in [2.45, 2.75) is 45.6 Å². The van der Waals surface area contributed by atoms with E-state index in [2.05, 4.69) is 0 Å². The van der Waals surface area contributed by atoms with E-state index in [4.69, 9.17) is 5.26 Å². The molecule has 0 spiro atoms. The molecule has 17 heavy (non-hydrogen) atoms. The fourth-order valence-corrected chi connectivity index (χ4v) is 3.79. The molecule has 1 aliphatic heterocycles. The van der Waals surface area contributed by atoms with Crippen molar-refractivity contribution in [3.05, 3.63) is 0 Å². The minimum atomic E-state index is -3.46. The zero-order valence-corrected chi connectivity index (χ0v) is 11.4. The van der Waals surface area contributed by atoms with Crippen molar-refractivity contribution in [3.63, 3.8) is 0 Å². The second kappa shape index (κ2) is 6.34. The maximum Gasteiger partial charge on any atom is 0.283 e. The van der Waals surface area contributed by atoms with Crippen LogP contribution >= 0.6 is 0 Å². The molecular weight excluding hydrogens is 238 g/mol. The van der Waals surface area contributed by atoms with E-state index >= 15 is 0 Å². The van der Waals surface area contributed by atoms with Crippen molar-refractivity contribution in [2.75, 3.05) is 19.6 Å². The van der Waals surface area contributed by atoms with Crippen molar-refractivity contribution < 1.29 is 8.42 Å². The minimum absolute atomic E-state index is 0.0729. The highest BCUT2D eigenvalue weighted by molar-refractivity contribution is 7.86. The lowest BCUT2D eigenvalue weighted by Gasteiger charge is -2.29. The topological polar surface area (TPSA) is 64.4 Å². The molecule has 98 valence electrons. The van der Waals surface area contributed by atoms with Crippen LogP contribution in [0.5, 0.6) is 0 Å². The lowest BCUT2D eigenvalue weighted by Crippen LogP contribution is -2.47. The third kappa shape index (κ3) is 3.66. The van der Waals surface area contributed by atoms with E-state index in [9.17, 15) is 8.42 Å². The van der Waals surface area contributed by atoms with Gasteiger partial charge in [0.15, 0.2) is 0 Å². The Balaban J connectivity index is 2.86. The molecule has 0 aliphatic carbocycles. The number of nitrogens with zero attached hydrogens (tertiary/aromatic N) is 3. The first-order chi connectivity index (χ1) is 8.00. The molecule has 1 aliphatic rings. The molecule has 5 nitrogen and oxygen atoms in total. The fraction of sp³-hybridized carbons (Fsp3) is 0.909. The van der Waals surface area contributed by atoms with Crippen molar-refractivity contribution in [1.82, 2.24) is 8.61 Å². The van der Waals surface area contributed by atoms with Gasteiger partial charge in [-0.15, -0.1) is 0 Å². The Labute approximate surface area is 104 Å². The van der Waals surface area contributed by atoms with Gasteiger partial charge in [-0.3, -0.25) is 0 Å². The summed E-state index contributed by atoms with van der Waals surface area (Å²) in [6, 6.07) is 1.75. The predicted molar refractivity (Wildman–Crippen MR) is 66.4 cm³/mol. The second-order valence-corrected chi connectivity index (χ2v) is 6.50. The minimum Gasteiger partial charge on any atom is -0.197 e. The van der Waals surface area contributed by atoms with Gasteiger partial charge < -0.3 is 0 Å². The Hall–Kier alpha value is -0.640. The first kappa shape index (κ1) is 14.4. The first-order valence-corrected chi connectivity index (χ1v) is 7.53. The normalized spacial score (nSPS) is 19.2. The van der Waals surface area contributed by atoms with Gasteiger partial charge in [0.25, 0.3) is 10.2 Å². The van der Waals surface area contributed by atoms with Crippen LogP contribution in [0.4, 0.5) is 0 Å². The summed E-state index contributed by atoms with van der Waals surface area (Å²) in [4.78, 5) is 0. The summed E-state index contributed by atoms with van der Waals surface area (Å²) >= 11 is 0. The Morgan fingerprint density at radius 1 is 1.24 bits per heavy atom. The fourth-order valence-electron chi connectivity index (χ4n) is 2.02. The van der Waals surface area contributed by atoms with Gasteiger partial charge in [0.1, 0.15) is 6.54 Å². The average molecular weight is 259 g/mol. The number of rotatable bonds is 4. The van der Waals surface area contributed by atoms with Crippen LogP contribution < -0.4 is 0 Å². The molecule has 0 saturated carbocycles. The summed E-state index contributed by atoms with van der Waals surface area (Å²) in [6.45, 7) is 4.68.